The summed E-state index contributed by atoms with van der Waals surface area (Å²) in [7, 11) is 0. The van der Waals surface area contributed by atoms with Crippen LogP contribution in [0.2, 0.25) is 0 Å². The lowest BCUT2D eigenvalue weighted by Crippen LogP contribution is -2.06. The van der Waals surface area contributed by atoms with E-state index in [-0.39, 0.29) is 0 Å². The molecule has 2 radical (unpaired) electrons. The lowest BCUT2D eigenvalue weighted by atomic mass is 10.7. The van der Waals surface area contributed by atoms with E-state index in [1.54, 1.807) is 18.5 Å². The van der Waals surface area contributed by atoms with Gasteiger partial charge in [0.05, 0.1) is 12.2 Å². The van der Waals surface area contributed by atoms with Crippen LogP contribution in [0.4, 0.5) is 0 Å². The van der Waals surface area contributed by atoms with Gasteiger partial charge in [0.15, 0.2) is 5.10 Å². The number of hydrazone groups is 1. The van der Waals surface area contributed by atoms with Gasteiger partial charge in [-0.25, -0.2) is 0 Å². The van der Waals surface area contributed by atoms with Crippen LogP contribution in [-0.4, -0.2) is 11.2 Å². The molecule has 0 saturated carbocycles. The predicted molar refractivity (Wildman–Crippen MR) is 26.3 cm³/mol. The van der Waals surface area contributed by atoms with E-state index in [2.05, 4.69) is 11.1 Å². The Bertz CT molecular complexity index is 138. The molecule has 2 nitrogen and oxygen atoms in total. The van der Waals surface area contributed by atoms with Gasteiger partial charge in [-0.05, 0) is 5.01 Å². The second kappa shape index (κ2) is 1.48. The van der Waals surface area contributed by atoms with Crippen LogP contribution in [0.5, 0.6) is 0 Å². The maximum absolute atomic E-state index is 6.51. The third-order valence-electron chi connectivity index (χ3n) is 0.619. The van der Waals surface area contributed by atoms with Gasteiger partial charge in [0.1, 0.15) is 0 Å². The summed E-state index contributed by atoms with van der Waals surface area (Å²) in [4.78, 5) is 0. The molecule has 1 heterocycles. The maximum atomic E-state index is 6.51. The summed E-state index contributed by atoms with van der Waals surface area (Å²) < 4.78 is 0. The monoisotopic (exact) mass is 91.0 g/mol. The minimum absolute atomic E-state index is 1.29. The number of hydrogen-bond donors (Lipinski definition) is 0. The second-order valence-corrected chi connectivity index (χ2v) is 1.06. The van der Waals surface area contributed by atoms with Crippen LogP contribution in [0.25, 0.3) is 0 Å². The zero-order valence-electron chi connectivity index (χ0n) is 3.63. The van der Waals surface area contributed by atoms with Gasteiger partial charge < -0.3 is 0 Å². The van der Waals surface area contributed by atoms with Crippen molar-refractivity contribution in [1.29, 1.82) is 0 Å². The van der Waals surface area contributed by atoms with Gasteiger partial charge in [-0.1, -0.05) is 0 Å². The minimum Gasteiger partial charge on any atom is -0.0175 e. The molecular weight excluding hydrogens is 88.1 g/mol. The molecule has 0 atom stereocenters. The number of rotatable bonds is 0. The molecule has 0 N–H and O–H groups in total. The van der Waals surface area contributed by atoms with Gasteiger partial charge in [-0.2, -0.15) is 0 Å². The van der Waals surface area contributed by atoms with E-state index in [4.69, 9.17) is 6.42 Å². The SMILES string of the molecule is [C]#CN1C=CC=[N+]1. The topological polar surface area (TPSA) is 17.3 Å². The number of allylic oxidation sites excluding steroid dienone is 1. The van der Waals surface area contributed by atoms with Crippen molar-refractivity contribution in [2.45, 2.75) is 0 Å². The highest BCUT2D eigenvalue weighted by molar-refractivity contribution is 5.71. The van der Waals surface area contributed by atoms with E-state index in [0.29, 0.717) is 0 Å². The fourth-order valence-electron chi connectivity index (χ4n) is 0.335. The highest BCUT2D eigenvalue weighted by atomic mass is 15.4. The Balaban J connectivity index is 2.65. The molecule has 32 valence electrons. The molecule has 0 unspecified atom stereocenters. The third kappa shape index (κ3) is 0.606. The standard InChI is InChI=1S/C5H3N2/c1-2-7-5-3-4-6-7/h3-5H/q+1. The summed E-state index contributed by atoms with van der Waals surface area (Å²) in [6.45, 7) is 0. The molecular formula is C5H3N2+. The Morgan fingerprint density at radius 2 is 2.57 bits per heavy atom. The summed E-state index contributed by atoms with van der Waals surface area (Å²) in [5, 5.41) is 4.94. The van der Waals surface area contributed by atoms with E-state index >= 15 is 0 Å². The Morgan fingerprint density at radius 3 is 2.86 bits per heavy atom. The van der Waals surface area contributed by atoms with E-state index in [1.165, 1.54) is 5.01 Å². The normalized spacial score (nSPS) is 15.0. The summed E-state index contributed by atoms with van der Waals surface area (Å²) in [5.74, 6) is 0. The summed E-state index contributed by atoms with van der Waals surface area (Å²) in [6.07, 6.45) is 11.5. The molecule has 0 bridgehead atoms. The predicted octanol–water partition coefficient (Wildman–Crippen LogP) is -0.315. The molecule has 0 fully saturated rings. The van der Waals surface area contributed by atoms with Crippen molar-refractivity contribution in [2.24, 2.45) is 0 Å². The van der Waals surface area contributed by atoms with Crippen LogP contribution in [0.3, 0.4) is 0 Å². The first-order chi connectivity index (χ1) is 3.43. The maximum Gasteiger partial charge on any atom is 0.278 e. The van der Waals surface area contributed by atoms with Gasteiger partial charge in [0.25, 0.3) is 6.21 Å². The van der Waals surface area contributed by atoms with Gasteiger partial charge in [0, 0.05) is 12.5 Å². The Kier molecular flexibility index (Phi) is 0.833. The van der Waals surface area contributed by atoms with E-state index < -0.39 is 0 Å². The van der Waals surface area contributed by atoms with Crippen LogP contribution >= 0.6 is 0 Å². The zero-order valence-corrected chi connectivity index (χ0v) is 3.63. The molecule has 0 aliphatic carbocycles. The highest BCUT2D eigenvalue weighted by Crippen LogP contribution is 1.82. The third-order valence-corrected chi connectivity index (χ3v) is 0.619. The van der Waals surface area contributed by atoms with Gasteiger partial charge in [-0.15, -0.1) is 0 Å². The van der Waals surface area contributed by atoms with E-state index in [1.807, 2.05) is 0 Å². The first kappa shape index (κ1) is 3.94. The summed E-state index contributed by atoms with van der Waals surface area (Å²) in [6, 6.07) is 2.06. The van der Waals surface area contributed by atoms with Gasteiger partial charge >= 0.3 is 0 Å². The Hall–Kier alpha value is -1.23. The molecule has 1 aliphatic heterocycles. The van der Waals surface area contributed by atoms with Gasteiger partial charge in [0.2, 0.25) is 0 Å². The fourth-order valence-corrected chi connectivity index (χ4v) is 0.335. The molecule has 0 aromatic heterocycles. The van der Waals surface area contributed by atoms with Crippen molar-refractivity contribution in [1.82, 2.24) is 10.1 Å². The molecule has 1 rings (SSSR count). The van der Waals surface area contributed by atoms with Crippen LogP contribution in [-0.2, 0) is 0 Å². The van der Waals surface area contributed by atoms with Crippen molar-refractivity contribution < 1.29 is 0 Å². The zero-order chi connectivity index (χ0) is 5.11. The summed E-state index contributed by atoms with van der Waals surface area (Å²) in [5.41, 5.74) is 0. The van der Waals surface area contributed by atoms with Crippen LogP contribution < -0.4 is 5.10 Å². The molecule has 1 aliphatic rings. The summed E-state index contributed by atoms with van der Waals surface area (Å²) >= 11 is 0. The Morgan fingerprint density at radius 1 is 1.71 bits per heavy atom. The molecule has 7 heavy (non-hydrogen) atoms. The molecule has 0 saturated heterocycles. The van der Waals surface area contributed by atoms with Crippen molar-refractivity contribution >= 4 is 6.21 Å². The quantitative estimate of drug-likeness (QED) is 0.374. The smallest absolute Gasteiger partial charge is 0.0175 e. The molecule has 0 aromatic carbocycles. The Labute approximate surface area is 42.1 Å². The molecule has 0 spiro atoms. The van der Waals surface area contributed by atoms with Crippen LogP contribution in [0.15, 0.2) is 12.3 Å². The van der Waals surface area contributed by atoms with Crippen molar-refractivity contribution in [3.63, 3.8) is 0 Å². The molecule has 2 heteroatoms. The average Bonchev–Trinajstić information content (AvgIpc) is 2.14. The molecule has 0 amide bonds. The highest BCUT2D eigenvalue weighted by Gasteiger charge is 2.05. The minimum atomic E-state index is 1.29. The number of hydrogen-bond acceptors (Lipinski definition) is 2. The van der Waals surface area contributed by atoms with Crippen molar-refractivity contribution in [2.75, 3.05) is 0 Å². The van der Waals surface area contributed by atoms with Crippen LogP contribution in [0, 0.1) is 12.5 Å². The van der Waals surface area contributed by atoms with E-state index in [9.17, 15) is 0 Å². The number of nitrogens with zero attached hydrogens (tertiary/aromatic N) is 2. The lowest BCUT2D eigenvalue weighted by Gasteiger charge is -1.77. The fraction of sp³-hybridized carbons (Fsp3) is 0. The van der Waals surface area contributed by atoms with Crippen molar-refractivity contribution in [3.05, 3.63) is 18.7 Å². The largest absolute Gasteiger partial charge is 0.278 e. The second-order valence-electron chi connectivity index (χ2n) is 1.06. The van der Waals surface area contributed by atoms with Gasteiger partial charge in [-0.3, -0.25) is 0 Å². The van der Waals surface area contributed by atoms with Crippen LogP contribution in [0.1, 0.15) is 0 Å². The van der Waals surface area contributed by atoms with Crippen molar-refractivity contribution in [3.8, 4) is 6.04 Å². The first-order valence-electron chi connectivity index (χ1n) is 1.86. The average molecular weight is 91.1 g/mol. The van der Waals surface area contributed by atoms with E-state index in [0.717, 1.165) is 0 Å². The molecule has 0 aromatic rings. The first-order valence-corrected chi connectivity index (χ1v) is 1.86. The lowest BCUT2D eigenvalue weighted by molar-refractivity contribution is 0.523.